The Hall–Kier alpha value is -1.17. The summed E-state index contributed by atoms with van der Waals surface area (Å²) in [6.45, 7) is 0.736. The Morgan fingerprint density at radius 3 is 2.94 bits per heavy atom. The molecule has 0 fully saturated rings. The molecule has 0 atom stereocenters. The van der Waals surface area contributed by atoms with E-state index < -0.39 is 0 Å². The van der Waals surface area contributed by atoms with Gasteiger partial charge in [-0.25, -0.2) is 4.98 Å². The van der Waals surface area contributed by atoms with Gasteiger partial charge < -0.3 is 10.6 Å². The third-order valence-electron chi connectivity index (χ3n) is 2.42. The van der Waals surface area contributed by atoms with Crippen LogP contribution in [0.15, 0.2) is 29.6 Å². The molecule has 0 saturated carbocycles. The zero-order valence-electron chi connectivity index (χ0n) is 9.76. The number of hydrogen-bond acceptors (Lipinski definition) is 4. The first-order valence-electron chi connectivity index (χ1n) is 5.27. The van der Waals surface area contributed by atoms with Gasteiger partial charge >= 0.3 is 0 Å². The number of anilines is 1. The normalized spacial score (nSPS) is 10.3. The lowest BCUT2D eigenvalue weighted by Gasteiger charge is -2.16. The molecule has 0 aliphatic rings. The molecule has 0 aliphatic heterocycles. The van der Waals surface area contributed by atoms with Crippen LogP contribution in [0.25, 0.3) is 0 Å². The van der Waals surface area contributed by atoms with Gasteiger partial charge in [-0.3, -0.25) is 0 Å². The molecular weight excluding hydrogens is 286 g/mol. The molecule has 0 spiro atoms. The van der Waals surface area contributed by atoms with Crippen molar-refractivity contribution < 1.29 is 0 Å². The zero-order valence-corrected chi connectivity index (χ0v) is 12.1. The predicted molar refractivity (Wildman–Crippen MR) is 81.6 cm³/mol. The van der Waals surface area contributed by atoms with Crippen LogP contribution in [0.3, 0.4) is 0 Å². The lowest BCUT2D eigenvalue weighted by Crippen LogP contribution is -2.17. The van der Waals surface area contributed by atoms with E-state index in [1.165, 1.54) is 11.3 Å². The van der Waals surface area contributed by atoms with E-state index in [0.29, 0.717) is 10.1 Å². The highest BCUT2D eigenvalue weighted by atomic mass is 35.5. The van der Waals surface area contributed by atoms with E-state index in [1.54, 1.807) is 0 Å². The fourth-order valence-electron chi connectivity index (χ4n) is 1.59. The van der Waals surface area contributed by atoms with Crippen molar-refractivity contribution in [2.75, 3.05) is 11.9 Å². The summed E-state index contributed by atoms with van der Waals surface area (Å²) in [6, 6.07) is 7.89. The Morgan fingerprint density at radius 1 is 1.56 bits per heavy atom. The van der Waals surface area contributed by atoms with Crippen LogP contribution in [-0.2, 0) is 6.54 Å². The first-order chi connectivity index (χ1) is 8.56. The van der Waals surface area contributed by atoms with E-state index >= 15 is 0 Å². The summed E-state index contributed by atoms with van der Waals surface area (Å²) in [6.07, 6.45) is 0. The largest absolute Gasteiger partial charge is 0.389 e. The first-order valence-corrected chi connectivity index (χ1v) is 6.94. The summed E-state index contributed by atoms with van der Waals surface area (Å²) in [5.41, 5.74) is 7.63. The number of rotatable bonds is 4. The van der Waals surface area contributed by atoms with E-state index in [4.69, 9.17) is 29.6 Å². The van der Waals surface area contributed by atoms with Gasteiger partial charge in [-0.15, -0.1) is 11.3 Å². The van der Waals surface area contributed by atoms with Gasteiger partial charge in [0.25, 0.3) is 0 Å². The van der Waals surface area contributed by atoms with Gasteiger partial charge in [0.15, 0.2) is 5.13 Å². The first kappa shape index (κ1) is 13.3. The van der Waals surface area contributed by atoms with Crippen LogP contribution in [-0.4, -0.2) is 17.0 Å². The zero-order chi connectivity index (χ0) is 13.1. The van der Waals surface area contributed by atoms with Crippen molar-refractivity contribution in [2.45, 2.75) is 6.54 Å². The molecule has 18 heavy (non-hydrogen) atoms. The van der Waals surface area contributed by atoms with Gasteiger partial charge in [0.2, 0.25) is 0 Å². The highest BCUT2D eigenvalue weighted by Crippen LogP contribution is 2.23. The van der Waals surface area contributed by atoms with Gasteiger partial charge in [0.05, 0.1) is 0 Å². The molecule has 1 heterocycles. The molecular formula is C12H12ClN3S2. The number of thiazole rings is 1. The fourth-order valence-corrected chi connectivity index (χ4v) is 2.63. The molecule has 0 bridgehead atoms. The van der Waals surface area contributed by atoms with Crippen molar-refractivity contribution in [1.29, 1.82) is 0 Å². The Morgan fingerprint density at radius 2 is 2.33 bits per heavy atom. The minimum atomic E-state index is 0.414. The Bertz CT molecular complexity index is 568. The third kappa shape index (κ3) is 3.19. The number of benzene rings is 1. The molecule has 1 aromatic carbocycles. The highest BCUT2D eigenvalue weighted by molar-refractivity contribution is 7.80. The van der Waals surface area contributed by atoms with Crippen molar-refractivity contribution in [1.82, 2.24) is 4.98 Å². The average Bonchev–Trinajstić information content (AvgIpc) is 2.76. The van der Waals surface area contributed by atoms with Gasteiger partial charge in [0.1, 0.15) is 10.1 Å². The second kappa shape index (κ2) is 5.65. The van der Waals surface area contributed by atoms with Crippen molar-refractivity contribution in [2.24, 2.45) is 5.73 Å². The monoisotopic (exact) mass is 297 g/mol. The molecule has 0 aliphatic carbocycles. The molecule has 3 nitrogen and oxygen atoms in total. The van der Waals surface area contributed by atoms with E-state index in [-0.39, 0.29) is 0 Å². The minimum absolute atomic E-state index is 0.414. The predicted octanol–water partition coefficient (Wildman–Crippen LogP) is 3.07. The molecule has 2 N–H and O–H groups in total. The number of halogens is 1. The van der Waals surface area contributed by atoms with Crippen molar-refractivity contribution in [3.05, 3.63) is 45.9 Å². The van der Waals surface area contributed by atoms with Crippen LogP contribution in [0.5, 0.6) is 0 Å². The smallest absolute Gasteiger partial charge is 0.186 e. The molecule has 94 valence electrons. The molecule has 0 amide bonds. The lowest BCUT2D eigenvalue weighted by atomic mass is 10.1. The Balaban J connectivity index is 2.14. The number of nitrogens with zero attached hydrogens (tertiary/aromatic N) is 2. The van der Waals surface area contributed by atoms with Crippen LogP contribution in [0.1, 0.15) is 11.1 Å². The van der Waals surface area contributed by atoms with Crippen LogP contribution in [0, 0.1) is 0 Å². The summed E-state index contributed by atoms with van der Waals surface area (Å²) < 4.78 is 0. The van der Waals surface area contributed by atoms with Crippen LogP contribution in [0.4, 0.5) is 5.13 Å². The van der Waals surface area contributed by atoms with Crippen molar-refractivity contribution >= 4 is 45.3 Å². The molecule has 2 aromatic rings. The lowest BCUT2D eigenvalue weighted by molar-refractivity contribution is 0.914. The molecule has 0 radical (unpaired) electrons. The average molecular weight is 298 g/mol. The van der Waals surface area contributed by atoms with E-state index in [9.17, 15) is 0 Å². The number of thiocarbonyl (C=S) groups is 1. The Labute approximate surface area is 120 Å². The van der Waals surface area contributed by atoms with E-state index in [2.05, 4.69) is 4.98 Å². The van der Waals surface area contributed by atoms with Gasteiger partial charge in [-0.05, 0) is 11.6 Å². The maximum atomic E-state index is 5.81. The van der Waals surface area contributed by atoms with Crippen LogP contribution < -0.4 is 10.6 Å². The molecule has 0 saturated heterocycles. The van der Waals surface area contributed by atoms with Gasteiger partial charge in [0, 0.05) is 24.5 Å². The van der Waals surface area contributed by atoms with Crippen molar-refractivity contribution in [3.63, 3.8) is 0 Å². The standard InChI is InChI=1S/C12H12ClN3S2/c1-16(12-15-10(13)7-18-12)6-8-3-2-4-9(5-8)11(14)17/h2-5,7H,6H2,1H3,(H2,14,17). The fraction of sp³-hybridized carbons (Fsp3) is 0.167. The number of aromatic nitrogens is 1. The van der Waals surface area contributed by atoms with Gasteiger partial charge in [-0.2, -0.15) is 0 Å². The SMILES string of the molecule is CN(Cc1cccc(C(N)=S)c1)c1nc(Cl)cs1. The van der Waals surface area contributed by atoms with Crippen molar-refractivity contribution in [3.8, 4) is 0 Å². The molecule has 6 heteroatoms. The third-order valence-corrected chi connectivity index (χ3v) is 3.94. The summed E-state index contributed by atoms with van der Waals surface area (Å²) in [7, 11) is 1.97. The second-order valence-corrected chi connectivity index (χ2v) is 5.54. The maximum Gasteiger partial charge on any atom is 0.186 e. The summed E-state index contributed by atoms with van der Waals surface area (Å²) >= 11 is 12.3. The maximum absolute atomic E-state index is 5.81. The second-order valence-electron chi connectivity index (χ2n) is 3.87. The minimum Gasteiger partial charge on any atom is -0.389 e. The molecule has 1 aromatic heterocycles. The van der Waals surface area contributed by atoms with E-state index in [1.807, 2.05) is 41.6 Å². The molecule has 2 rings (SSSR count). The molecule has 0 unspecified atom stereocenters. The van der Waals surface area contributed by atoms with Crippen LogP contribution in [0.2, 0.25) is 5.15 Å². The number of nitrogens with two attached hydrogens (primary N) is 1. The summed E-state index contributed by atoms with van der Waals surface area (Å²) in [4.78, 5) is 6.67. The summed E-state index contributed by atoms with van der Waals surface area (Å²) in [5, 5.41) is 3.23. The Kier molecular flexibility index (Phi) is 4.16. The van der Waals surface area contributed by atoms with E-state index in [0.717, 1.165) is 22.8 Å². The quantitative estimate of drug-likeness (QED) is 0.881. The topological polar surface area (TPSA) is 42.1 Å². The summed E-state index contributed by atoms with van der Waals surface area (Å²) in [5.74, 6) is 0. The van der Waals surface area contributed by atoms with Crippen LogP contribution >= 0.6 is 35.2 Å². The van der Waals surface area contributed by atoms with Gasteiger partial charge in [-0.1, -0.05) is 42.0 Å². The number of hydrogen-bond donors (Lipinski definition) is 1. The highest BCUT2D eigenvalue weighted by Gasteiger charge is 2.07.